The highest BCUT2D eigenvalue weighted by atomic mass is 16.6. The van der Waals surface area contributed by atoms with E-state index in [2.05, 4.69) is 4.74 Å². The van der Waals surface area contributed by atoms with Crippen LogP contribution in [0.4, 0.5) is 0 Å². The second kappa shape index (κ2) is 4.85. The third kappa shape index (κ3) is 3.72. The van der Waals surface area contributed by atoms with E-state index in [4.69, 9.17) is 4.74 Å². The van der Waals surface area contributed by atoms with Gasteiger partial charge in [-0.25, -0.2) is 4.79 Å². The summed E-state index contributed by atoms with van der Waals surface area (Å²) in [5.41, 5.74) is 0. The fourth-order valence-electron chi connectivity index (χ4n) is 0.655. The molecular weight excluding hydrogens is 148 g/mol. The van der Waals surface area contributed by atoms with Crippen LogP contribution in [0.1, 0.15) is 13.3 Å². The van der Waals surface area contributed by atoms with Gasteiger partial charge in [0.05, 0.1) is 7.11 Å². The van der Waals surface area contributed by atoms with E-state index in [9.17, 15) is 9.59 Å². The van der Waals surface area contributed by atoms with Crippen LogP contribution >= 0.6 is 0 Å². The molecule has 1 atom stereocenters. The minimum Gasteiger partial charge on any atom is -0.467 e. The molecule has 0 spiro atoms. The Morgan fingerprint density at radius 3 is 2.18 bits per heavy atom. The molecule has 1 unspecified atom stereocenters. The first kappa shape index (κ1) is 10.1. The molecule has 0 radical (unpaired) electrons. The summed E-state index contributed by atoms with van der Waals surface area (Å²) in [6.45, 7) is 1.40. The lowest BCUT2D eigenvalue weighted by Crippen LogP contribution is -2.26. The molecule has 4 nitrogen and oxygen atoms in total. The number of hydrogen-bond acceptors (Lipinski definition) is 4. The summed E-state index contributed by atoms with van der Waals surface area (Å²) in [6.07, 6.45) is -0.680. The van der Waals surface area contributed by atoms with Crippen molar-refractivity contribution in [3.63, 3.8) is 0 Å². The van der Waals surface area contributed by atoms with Gasteiger partial charge in [0, 0.05) is 13.5 Å². The Hall–Kier alpha value is -0.900. The molecule has 0 aliphatic carbocycles. The Kier molecular flexibility index (Phi) is 4.45. The molecule has 0 heterocycles. The van der Waals surface area contributed by atoms with Crippen molar-refractivity contribution in [3.05, 3.63) is 0 Å². The van der Waals surface area contributed by atoms with Crippen LogP contribution in [0.3, 0.4) is 0 Å². The van der Waals surface area contributed by atoms with E-state index >= 15 is 0 Å². The molecular formula is C7H12O4. The molecule has 0 amide bonds. The zero-order chi connectivity index (χ0) is 8.85. The summed E-state index contributed by atoms with van der Waals surface area (Å²) < 4.78 is 9.11. The normalized spacial score (nSPS) is 12.3. The number of methoxy groups -OCH3 is 2. The lowest BCUT2D eigenvalue weighted by atomic mass is 10.2. The van der Waals surface area contributed by atoms with Crippen LogP contribution in [0.2, 0.25) is 0 Å². The number of carbonyl (C=O) groups excluding carboxylic acids is 2. The van der Waals surface area contributed by atoms with Gasteiger partial charge in [-0.1, -0.05) is 0 Å². The van der Waals surface area contributed by atoms with Gasteiger partial charge < -0.3 is 9.47 Å². The van der Waals surface area contributed by atoms with E-state index in [1.165, 1.54) is 21.1 Å². The maximum atomic E-state index is 10.8. The molecule has 0 saturated carbocycles. The van der Waals surface area contributed by atoms with Gasteiger partial charge >= 0.3 is 5.97 Å². The summed E-state index contributed by atoms with van der Waals surface area (Å²) in [4.78, 5) is 21.3. The molecule has 0 aromatic carbocycles. The quantitative estimate of drug-likeness (QED) is 0.549. The number of rotatable bonds is 4. The molecule has 11 heavy (non-hydrogen) atoms. The Morgan fingerprint density at radius 1 is 1.36 bits per heavy atom. The average molecular weight is 160 g/mol. The number of esters is 1. The fraction of sp³-hybridized carbons (Fsp3) is 0.714. The first-order chi connectivity index (χ1) is 5.11. The number of ether oxygens (including phenoxy) is 2. The second-order valence-electron chi connectivity index (χ2n) is 2.15. The Balaban J connectivity index is 3.94. The predicted octanol–water partition coefficient (Wildman–Crippen LogP) is 0.153. The van der Waals surface area contributed by atoms with Crippen molar-refractivity contribution in [2.24, 2.45) is 0 Å². The number of carbonyl (C=O) groups is 2. The Bertz CT molecular complexity index is 153. The fourth-order valence-corrected chi connectivity index (χ4v) is 0.655. The predicted molar refractivity (Wildman–Crippen MR) is 38.1 cm³/mol. The molecule has 0 aliphatic rings. The number of hydrogen-bond donors (Lipinski definition) is 0. The van der Waals surface area contributed by atoms with E-state index in [1.54, 1.807) is 0 Å². The van der Waals surface area contributed by atoms with Crippen molar-refractivity contribution in [2.45, 2.75) is 19.4 Å². The molecule has 0 bridgehead atoms. The van der Waals surface area contributed by atoms with E-state index in [0.29, 0.717) is 0 Å². The first-order valence-corrected chi connectivity index (χ1v) is 3.22. The maximum Gasteiger partial charge on any atom is 0.335 e. The van der Waals surface area contributed by atoms with Crippen molar-refractivity contribution >= 4 is 11.8 Å². The lowest BCUT2D eigenvalue weighted by molar-refractivity contribution is -0.154. The van der Waals surface area contributed by atoms with Gasteiger partial charge in [-0.15, -0.1) is 0 Å². The number of ketones is 1. The van der Waals surface area contributed by atoms with Crippen LogP contribution in [0, 0.1) is 0 Å². The molecule has 0 N–H and O–H groups in total. The van der Waals surface area contributed by atoms with Crippen LogP contribution in [0.25, 0.3) is 0 Å². The maximum absolute atomic E-state index is 10.8. The van der Waals surface area contributed by atoms with Crippen molar-refractivity contribution in [1.29, 1.82) is 0 Å². The zero-order valence-electron chi connectivity index (χ0n) is 6.92. The topological polar surface area (TPSA) is 52.6 Å². The largest absolute Gasteiger partial charge is 0.467 e. The van der Waals surface area contributed by atoms with Gasteiger partial charge in [-0.3, -0.25) is 4.79 Å². The SMILES string of the molecule is COC(=O)C(CC(C)=O)OC. The lowest BCUT2D eigenvalue weighted by Gasteiger charge is -2.09. The molecule has 0 aromatic heterocycles. The van der Waals surface area contributed by atoms with Crippen LogP contribution < -0.4 is 0 Å². The van der Waals surface area contributed by atoms with Gasteiger partial charge in [0.25, 0.3) is 0 Å². The van der Waals surface area contributed by atoms with Crippen LogP contribution in [-0.2, 0) is 19.1 Å². The van der Waals surface area contributed by atoms with Gasteiger partial charge in [-0.05, 0) is 6.92 Å². The number of Topliss-reactive ketones (excluding diaryl/α,β-unsaturated/α-hetero) is 1. The third-order valence-electron chi connectivity index (χ3n) is 1.22. The van der Waals surface area contributed by atoms with Gasteiger partial charge in [-0.2, -0.15) is 0 Å². The minimum atomic E-state index is -0.752. The molecule has 0 aromatic rings. The molecule has 0 fully saturated rings. The Labute approximate surface area is 65.5 Å². The van der Waals surface area contributed by atoms with Crippen molar-refractivity contribution in [1.82, 2.24) is 0 Å². The van der Waals surface area contributed by atoms with E-state index in [-0.39, 0.29) is 12.2 Å². The molecule has 0 saturated heterocycles. The second-order valence-corrected chi connectivity index (χ2v) is 2.15. The summed E-state index contributed by atoms with van der Waals surface area (Å²) in [5.74, 6) is -0.607. The van der Waals surface area contributed by atoms with Gasteiger partial charge in [0.1, 0.15) is 5.78 Å². The molecule has 0 aliphatic heterocycles. The van der Waals surface area contributed by atoms with Crippen molar-refractivity contribution < 1.29 is 19.1 Å². The highest BCUT2D eigenvalue weighted by molar-refractivity contribution is 5.84. The molecule has 0 rings (SSSR count). The smallest absolute Gasteiger partial charge is 0.335 e. The molecule has 4 heteroatoms. The first-order valence-electron chi connectivity index (χ1n) is 3.22. The van der Waals surface area contributed by atoms with E-state index in [0.717, 1.165) is 0 Å². The summed E-state index contributed by atoms with van der Waals surface area (Å²) in [5, 5.41) is 0. The highest BCUT2D eigenvalue weighted by Crippen LogP contribution is 1.99. The zero-order valence-corrected chi connectivity index (χ0v) is 6.92. The summed E-state index contributed by atoms with van der Waals surface area (Å²) in [6, 6.07) is 0. The monoisotopic (exact) mass is 160 g/mol. The van der Waals surface area contributed by atoms with E-state index in [1.807, 2.05) is 0 Å². The standard InChI is InChI=1S/C7H12O4/c1-5(8)4-6(10-2)7(9)11-3/h6H,4H2,1-3H3. The summed E-state index contributed by atoms with van der Waals surface area (Å²) >= 11 is 0. The van der Waals surface area contributed by atoms with Gasteiger partial charge in [0.15, 0.2) is 6.10 Å². The van der Waals surface area contributed by atoms with Crippen molar-refractivity contribution in [3.8, 4) is 0 Å². The third-order valence-corrected chi connectivity index (χ3v) is 1.22. The van der Waals surface area contributed by atoms with Crippen molar-refractivity contribution in [2.75, 3.05) is 14.2 Å². The minimum absolute atomic E-state index is 0.0726. The van der Waals surface area contributed by atoms with Crippen LogP contribution in [0.15, 0.2) is 0 Å². The highest BCUT2D eigenvalue weighted by Gasteiger charge is 2.19. The van der Waals surface area contributed by atoms with Crippen LogP contribution in [-0.4, -0.2) is 32.1 Å². The van der Waals surface area contributed by atoms with Crippen LogP contribution in [0.5, 0.6) is 0 Å². The Morgan fingerprint density at radius 2 is 1.91 bits per heavy atom. The summed E-state index contributed by atoms with van der Waals surface area (Å²) in [7, 11) is 2.62. The van der Waals surface area contributed by atoms with E-state index < -0.39 is 12.1 Å². The average Bonchev–Trinajstić information content (AvgIpc) is 1.98. The van der Waals surface area contributed by atoms with Gasteiger partial charge in [0.2, 0.25) is 0 Å². The molecule has 64 valence electrons.